The van der Waals surface area contributed by atoms with E-state index in [1.165, 1.54) is 12.1 Å². The third-order valence-electron chi connectivity index (χ3n) is 1.31. The lowest BCUT2D eigenvalue weighted by Crippen LogP contribution is -2.30. The number of nitrogen functional groups attached to an aromatic ring is 1. The fraction of sp³-hybridized carbons (Fsp3) is 0. The first-order chi connectivity index (χ1) is 5.65. The molecule has 0 spiro atoms. The van der Waals surface area contributed by atoms with Gasteiger partial charge in [0.05, 0.1) is 10.6 Å². The summed E-state index contributed by atoms with van der Waals surface area (Å²) >= 11 is 11.3. The molecule has 0 aliphatic heterocycles. The molecule has 1 aromatic rings. The van der Waals surface area contributed by atoms with Gasteiger partial charge in [0, 0.05) is 5.02 Å². The van der Waals surface area contributed by atoms with Crippen LogP contribution in [0.1, 0.15) is 10.4 Å². The zero-order chi connectivity index (χ0) is 9.14. The Hall–Kier alpha value is -0.480. The lowest BCUT2D eigenvalue weighted by atomic mass is 10.2. The second-order valence-electron chi connectivity index (χ2n) is 2.10. The van der Waals surface area contributed by atoms with Crippen LogP contribution in [0.2, 0.25) is 10.0 Å². The average Bonchev–Trinajstić information content (AvgIpc) is 2.03. The van der Waals surface area contributed by atoms with E-state index in [9.17, 15) is 4.79 Å². The molecule has 1 aromatic carbocycles. The van der Waals surface area contributed by atoms with Crippen molar-refractivity contribution in [3.63, 3.8) is 0 Å². The topological polar surface area (TPSA) is 55.1 Å². The number of carbonyl (C=O) groups is 1. The van der Waals surface area contributed by atoms with Crippen LogP contribution in [0, 0.1) is 0 Å². The maximum atomic E-state index is 11.0. The van der Waals surface area contributed by atoms with Gasteiger partial charge in [0.25, 0.3) is 5.91 Å². The minimum Gasteiger partial charge on any atom is -0.290 e. The van der Waals surface area contributed by atoms with Crippen molar-refractivity contribution in [3.8, 4) is 0 Å². The van der Waals surface area contributed by atoms with Crippen LogP contribution < -0.4 is 11.3 Å². The Morgan fingerprint density at radius 2 is 2.00 bits per heavy atom. The van der Waals surface area contributed by atoms with Crippen molar-refractivity contribution in [2.45, 2.75) is 0 Å². The van der Waals surface area contributed by atoms with Gasteiger partial charge in [-0.3, -0.25) is 10.2 Å². The second kappa shape index (κ2) is 5.29. The molecular formula is C7H7Cl3N2O. The van der Waals surface area contributed by atoms with Gasteiger partial charge in [0.2, 0.25) is 0 Å². The third-order valence-corrected chi connectivity index (χ3v) is 1.85. The molecule has 0 aliphatic carbocycles. The predicted molar refractivity (Wildman–Crippen MR) is 55.4 cm³/mol. The zero-order valence-electron chi connectivity index (χ0n) is 6.38. The van der Waals surface area contributed by atoms with Gasteiger partial charge in [0.1, 0.15) is 0 Å². The number of hydrazine groups is 1. The normalized spacial score (nSPS) is 8.85. The number of rotatable bonds is 1. The fourth-order valence-corrected chi connectivity index (χ4v) is 1.25. The number of nitrogens with one attached hydrogen (secondary N) is 1. The van der Waals surface area contributed by atoms with Crippen LogP contribution in [0.5, 0.6) is 0 Å². The SMILES string of the molecule is Cl.NNC(=O)c1ccc(Cl)cc1Cl. The summed E-state index contributed by atoms with van der Waals surface area (Å²) < 4.78 is 0. The second-order valence-corrected chi connectivity index (χ2v) is 2.94. The summed E-state index contributed by atoms with van der Waals surface area (Å²) in [7, 11) is 0. The highest BCUT2D eigenvalue weighted by Gasteiger charge is 2.07. The van der Waals surface area contributed by atoms with Crippen molar-refractivity contribution < 1.29 is 4.79 Å². The van der Waals surface area contributed by atoms with Crippen LogP contribution in [0.15, 0.2) is 18.2 Å². The van der Waals surface area contributed by atoms with Crippen molar-refractivity contribution in [2.75, 3.05) is 0 Å². The Balaban J connectivity index is 0.00000144. The summed E-state index contributed by atoms with van der Waals surface area (Å²) in [6.45, 7) is 0. The molecule has 72 valence electrons. The Bertz CT molecular complexity index is 317. The molecular weight excluding hydrogens is 234 g/mol. The highest BCUT2D eigenvalue weighted by Crippen LogP contribution is 2.20. The Labute approximate surface area is 91.6 Å². The van der Waals surface area contributed by atoms with Crippen LogP contribution in [0.25, 0.3) is 0 Å². The van der Waals surface area contributed by atoms with Gasteiger partial charge in [-0.15, -0.1) is 12.4 Å². The molecule has 6 heteroatoms. The largest absolute Gasteiger partial charge is 0.290 e. The molecule has 0 bridgehead atoms. The number of hydrogen-bond donors (Lipinski definition) is 2. The van der Waals surface area contributed by atoms with E-state index in [1.807, 2.05) is 5.43 Å². The van der Waals surface area contributed by atoms with Gasteiger partial charge >= 0.3 is 0 Å². The predicted octanol–water partition coefficient (Wildman–Crippen LogP) is 2.02. The quantitative estimate of drug-likeness (QED) is 0.449. The summed E-state index contributed by atoms with van der Waals surface area (Å²) in [4.78, 5) is 11.0. The van der Waals surface area contributed by atoms with E-state index < -0.39 is 5.91 Å². The highest BCUT2D eigenvalue weighted by molar-refractivity contribution is 6.36. The first-order valence-electron chi connectivity index (χ1n) is 3.11. The van der Waals surface area contributed by atoms with Crippen LogP contribution in [0.4, 0.5) is 0 Å². The summed E-state index contributed by atoms with van der Waals surface area (Å²) in [5, 5.41) is 0.763. The molecule has 13 heavy (non-hydrogen) atoms. The van der Waals surface area contributed by atoms with Crippen molar-refractivity contribution in [1.82, 2.24) is 5.43 Å². The van der Waals surface area contributed by atoms with Gasteiger partial charge < -0.3 is 0 Å². The van der Waals surface area contributed by atoms with E-state index in [0.717, 1.165) is 0 Å². The first-order valence-corrected chi connectivity index (χ1v) is 3.86. The molecule has 0 fully saturated rings. The molecule has 0 unspecified atom stereocenters. The molecule has 1 rings (SSSR count). The average molecular weight is 242 g/mol. The van der Waals surface area contributed by atoms with E-state index in [4.69, 9.17) is 29.0 Å². The van der Waals surface area contributed by atoms with Gasteiger partial charge in [-0.05, 0) is 18.2 Å². The number of carbonyl (C=O) groups excluding carboxylic acids is 1. The summed E-state index contributed by atoms with van der Waals surface area (Å²) in [5.41, 5.74) is 2.28. The third kappa shape index (κ3) is 3.04. The van der Waals surface area contributed by atoms with Gasteiger partial charge in [-0.2, -0.15) is 0 Å². The summed E-state index contributed by atoms with van der Waals surface area (Å²) in [6, 6.07) is 4.55. The van der Waals surface area contributed by atoms with E-state index in [2.05, 4.69) is 0 Å². The van der Waals surface area contributed by atoms with E-state index in [0.29, 0.717) is 10.6 Å². The van der Waals surface area contributed by atoms with Crippen LogP contribution >= 0.6 is 35.6 Å². The molecule has 1 amide bonds. The molecule has 3 nitrogen and oxygen atoms in total. The summed E-state index contributed by atoms with van der Waals surface area (Å²) in [5.74, 6) is 4.49. The molecule has 0 heterocycles. The molecule has 0 radical (unpaired) electrons. The standard InChI is InChI=1S/C7H6Cl2N2O.ClH/c8-4-1-2-5(6(9)3-4)7(12)11-10;/h1-3H,10H2,(H,11,12);1H. The minimum atomic E-state index is -0.434. The fourth-order valence-electron chi connectivity index (χ4n) is 0.751. The summed E-state index contributed by atoms with van der Waals surface area (Å²) in [6.07, 6.45) is 0. The lowest BCUT2D eigenvalue weighted by molar-refractivity contribution is 0.0954. The number of benzene rings is 1. The van der Waals surface area contributed by atoms with Crippen LogP contribution in [-0.2, 0) is 0 Å². The number of amides is 1. The van der Waals surface area contributed by atoms with E-state index in [1.54, 1.807) is 6.07 Å². The molecule has 0 saturated heterocycles. The number of hydrogen-bond acceptors (Lipinski definition) is 2. The van der Waals surface area contributed by atoms with Crippen LogP contribution in [-0.4, -0.2) is 5.91 Å². The molecule has 0 saturated carbocycles. The number of nitrogens with two attached hydrogens (primary N) is 1. The van der Waals surface area contributed by atoms with E-state index in [-0.39, 0.29) is 17.4 Å². The van der Waals surface area contributed by atoms with Gasteiger partial charge in [-0.25, -0.2) is 5.84 Å². The van der Waals surface area contributed by atoms with Crippen LogP contribution in [0.3, 0.4) is 0 Å². The Kier molecular flexibility index (Phi) is 5.10. The molecule has 0 aliphatic rings. The van der Waals surface area contributed by atoms with Crippen molar-refractivity contribution >= 4 is 41.5 Å². The molecule has 0 atom stereocenters. The van der Waals surface area contributed by atoms with E-state index >= 15 is 0 Å². The number of halogens is 3. The maximum absolute atomic E-state index is 11.0. The van der Waals surface area contributed by atoms with Crippen molar-refractivity contribution in [1.29, 1.82) is 0 Å². The van der Waals surface area contributed by atoms with Crippen molar-refractivity contribution in [2.24, 2.45) is 5.84 Å². The molecule has 3 N–H and O–H groups in total. The maximum Gasteiger partial charge on any atom is 0.266 e. The Morgan fingerprint density at radius 3 is 2.46 bits per heavy atom. The minimum absolute atomic E-state index is 0. The van der Waals surface area contributed by atoms with Gasteiger partial charge in [-0.1, -0.05) is 23.2 Å². The highest BCUT2D eigenvalue weighted by atomic mass is 35.5. The molecule has 0 aromatic heterocycles. The first kappa shape index (κ1) is 12.5. The smallest absolute Gasteiger partial charge is 0.266 e. The monoisotopic (exact) mass is 240 g/mol. The lowest BCUT2D eigenvalue weighted by Gasteiger charge is -2.01. The zero-order valence-corrected chi connectivity index (χ0v) is 8.71. The van der Waals surface area contributed by atoms with Crippen molar-refractivity contribution in [3.05, 3.63) is 33.8 Å². The Morgan fingerprint density at radius 1 is 1.38 bits per heavy atom. The van der Waals surface area contributed by atoms with Gasteiger partial charge in [0.15, 0.2) is 0 Å².